The maximum Gasteiger partial charge on any atom is 0.0991 e. The number of anilines is 1. The number of nitrogens with zero attached hydrogens (tertiary/aromatic N) is 4. The summed E-state index contributed by atoms with van der Waals surface area (Å²) in [6.45, 7) is 6.13. The van der Waals surface area contributed by atoms with Crippen LogP contribution in [0.5, 0.6) is 0 Å². The summed E-state index contributed by atoms with van der Waals surface area (Å²) in [6, 6.07) is 29.8. The van der Waals surface area contributed by atoms with Gasteiger partial charge in [-0.3, -0.25) is 4.90 Å². The predicted octanol–water partition coefficient (Wildman–Crippen LogP) is 5.48. The van der Waals surface area contributed by atoms with E-state index in [0.717, 1.165) is 31.2 Å². The molecule has 1 aliphatic rings. The van der Waals surface area contributed by atoms with Crippen LogP contribution in [-0.2, 0) is 6.54 Å². The van der Waals surface area contributed by atoms with Crippen molar-refractivity contribution in [2.45, 2.75) is 19.5 Å². The first-order valence-corrected chi connectivity index (χ1v) is 10.7. The van der Waals surface area contributed by atoms with Crippen LogP contribution < -0.4 is 4.90 Å². The molecule has 0 radical (unpaired) electrons. The van der Waals surface area contributed by atoms with Gasteiger partial charge in [-0.25, -0.2) is 0 Å². The van der Waals surface area contributed by atoms with Gasteiger partial charge in [0, 0.05) is 42.9 Å². The van der Waals surface area contributed by atoms with Gasteiger partial charge in [0.25, 0.3) is 0 Å². The van der Waals surface area contributed by atoms with Gasteiger partial charge in [0.1, 0.15) is 0 Å². The van der Waals surface area contributed by atoms with Gasteiger partial charge in [-0.15, -0.1) is 0 Å². The molecule has 0 N–H and O–H groups in total. The molecule has 4 rings (SSSR count). The molecule has 0 aliphatic carbocycles. The Morgan fingerprint density at radius 3 is 1.90 bits per heavy atom. The molecular formula is C26H25ClN4. The van der Waals surface area contributed by atoms with E-state index < -0.39 is 0 Å². The van der Waals surface area contributed by atoms with Gasteiger partial charge in [0.15, 0.2) is 0 Å². The van der Waals surface area contributed by atoms with Crippen LogP contribution in [0.25, 0.3) is 0 Å². The van der Waals surface area contributed by atoms with Crippen LogP contribution in [0.4, 0.5) is 5.69 Å². The van der Waals surface area contributed by atoms with Crippen molar-refractivity contribution in [3.63, 3.8) is 0 Å². The van der Waals surface area contributed by atoms with Gasteiger partial charge < -0.3 is 4.90 Å². The third-order valence-electron chi connectivity index (χ3n) is 5.26. The summed E-state index contributed by atoms with van der Waals surface area (Å²) in [6.07, 6.45) is 0. The quantitative estimate of drug-likeness (QED) is 0.554. The Morgan fingerprint density at radius 2 is 1.42 bits per heavy atom. The van der Waals surface area contributed by atoms with E-state index in [9.17, 15) is 0 Å². The summed E-state index contributed by atoms with van der Waals surface area (Å²) in [5.41, 5.74) is 3.83. The van der Waals surface area contributed by atoms with Crippen LogP contribution in [0, 0.1) is 22.7 Å². The standard InChI is InChI=1S/C20H20N4.C6H5Cl/c1-16-14-23(15-19-4-2-17(12-21)3-5-19)10-11-24(16)20-8-6-18(13-22)7-9-20;7-6-4-2-1-3-5-6/h2-9,16H,10-11,14-15H2,1H3;1-5H. The van der Waals surface area contributed by atoms with E-state index in [1.165, 1.54) is 11.3 Å². The lowest BCUT2D eigenvalue weighted by molar-refractivity contribution is 0.221. The molecule has 3 aromatic carbocycles. The highest BCUT2D eigenvalue weighted by Gasteiger charge is 2.23. The van der Waals surface area contributed by atoms with Gasteiger partial charge in [-0.05, 0) is 61.0 Å². The number of nitriles is 2. The topological polar surface area (TPSA) is 54.1 Å². The van der Waals surface area contributed by atoms with E-state index in [0.29, 0.717) is 17.2 Å². The summed E-state index contributed by atoms with van der Waals surface area (Å²) in [5, 5.41) is 18.6. The number of halogens is 1. The van der Waals surface area contributed by atoms with Gasteiger partial charge in [0.05, 0.1) is 23.3 Å². The third-order valence-corrected chi connectivity index (χ3v) is 5.51. The Kier molecular flexibility index (Phi) is 8.07. The Hall–Kier alpha value is -3.31. The van der Waals surface area contributed by atoms with E-state index in [1.54, 1.807) is 0 Å². The van der Waals surface area contributed by atoms with E-state index in [2.05, 4.69) is 28.9 Å². The number of hydrogen-bond donors (Lipinski definition) is 0. The van der Waals surface area contributed by atoms with Crippen LogP contribution in [0.3, 0.4) is 0 Å². The summed E-state index contributed by atoms with van der Waals surface area (Å²) in [7, 11) is 0. The molecule has 4 nitrogen and oxygen atoms in total. The lowest BCUT2D eigenvalue weighted by Crippen LogP contribution is -2.51. The van der Waals surface area contributed by atoms with Crippen molar-refractivity contribution in [2.24, 2.45) is 0 Å². The zero-order valence-corrected chi connectivity index (χ0v) is 18.3. The summed E-state index contributed by atoms with van der Waals surface area (Å²) < 4.78 is 0. The predicted molar refractivity (Wildman–Crippen MR) is 126 cm³/mol. The fourth-order valence-corrected chi connectivity index (χ4v) is 3.79. The van der Waals surface area contributed by atoms with Crippen molar-refractivity contribution in [3.8, 4) is 12.1 Å². The summed E-state index contributed by atoms with van der Waals surface area (Å²) in [5.74, 6) is 0. The molecule has 0 aromatic heterocycles. The van der Waals surface area contributed by atoms with Crippen molar-refractivity contribution in [1.29, 1.82) is 10.5 Å². The second-order valence-corrected chi connectivity index (χ2v) is 7.98. The molecule has 1 saturated heterocycles. The highest BCUT2D eigenvalue weighted by molar-refractivity contribution is 6.30. The average Bonchev–Trinajstić information content (AvgIpc) is 2.81. The van der Waals surface area contributed by atoms with Crippen LogP contribution in [0.15, 0.2) is 78.9 Å². The van der Waals surface area contributed by atoms with Crippen molar-refractivity contribution >= 4 is 17.3 Å². The number of benzene rings is 3. The molecule has 1 atom stereocenters. The second-order valence-electron chi connectivity index (χ2n) is 7.54. The lowest BCUT2D eigenvalue weighted by atomic mass is 10.1. The molecule has 0 bridgehead atoms. The number of rotatable bonds is 3. The minimum absolute atomic E-state index is 0.421. The molecule has 3 aromatic rings. The molecular weight excluding hydrogens is 404 g/mol. The molecule has 1 fully saturated rings. The first-order valence-electron chi connectivity index (χ1n) is 10.3. The van der Waals surface area contributed by atoms with Gasteiger partial charge in [-0.1, -0.05) is 41.9 Å². The van der Waals surface area contributed by atoms with Crippen molar-refractivity contribution < 1.29 is 0 Å². The minimum Gasteiger partial charge on any atom is -0.366 e. The Balaban J connectivity index is 0.000000330. The van der Waals surface area contributed by atoms with Crippen LogP contribution in [0.2, 0.25) is 5.02 Å². The minimum atomic E-state index is 0.421. The average molecular weight is 429 g/mol. The van der Waals surface area contributed by atoms with Crippen molar-refractivity contribution in [3.05, 3.63) is 101 Å². The molecule has 0 amide bonds. The molecule has 0 spiro atoms. The van der Waals surface area contributed by atoms with Gasteiger partial charge >= 0.3 is 0 Å². The zero-order valence-electron chi connectivity index (χ0n) is 17.6. The second kappa shape index (κ2) is 11.2. The van der Waals surface area contributed by atoms with E-state index >= 15 is 0 Å². The molecule has 1 aliphatic heterocycles. The Bertz CT molecular complexity index is 1030. The first kappa shape index (κ1) is 22.4. The van der Waals surface area contributed by atoms with Crippen molar-refractivity contribution in [1.82, 2.24) is 4.90 Å². The fourth-order valence-electron chi connectivity index (χ4n) is 3.65. The molecule has 1 heterocycles. The van der Waals surface area contributed by atoms with E-state index in [-0.39, 0.29) is 0 Å². The fraction of sp³-hybridized carbons (Fsp3) is 0.231. The third kappa shape index (κ3) is 6.59. The molecule has 156 valence electrons. The zero-order chi connectivity index (χ0) is 22.1. The van der Waals surface area contributed by atoms with E-state index in [4.69, 9.17) is 22.1 Å². The smallest absolute Gasteiger partial charge is 0.0991 e. The number of hydrogen-bond acceptors (Lipinski definition) is 4. The molecule has 31 heavy (non-hydrogen) atoms. The van der Waals surface area contributed by atoms with E-state index in [1.807, 2.05) is 78.9 Å². The van der Waals surface area contributed by atoms with Gasteiger partial charge in [-0.2, -0.15) is 10.5 Å². The van der Waals surface area contributed by atoms with Gasteiger partial charge in [0.2, 0.25) is 0 Å². The highest BCUT2D eigenvalue weighted by Crippen LogP contribution is 2.22. The van der Waals surface area contributed by atoms with Crippen LogP contribution in [0.1, 0.15) is 23.6 Å². The maximum atomic E-state index is 8.91. The first-order chi connectivity index (χ1) is 15.1. The SMILES string of the molecule is CC1CN(Cc2ccc(C#N)cc2)CCN1c1ccc(C#N)cc1.Clc1ccccc1. The Labute approximate surface area is 189 Å². The summed E-state index contributed by atoms with van der Waals surface area (Å²) >= 11 is 5.54. The Morgan fingerprint density at radius 1 is 0.839 bits per heavy atom. The maximum absolute atomic E-state index is 8.91. The largest absolute Gasteiger partial charge is 0.366 e. The molecule has 1 unspecified atom stereocenters. The normalized spacial score (nSPS) is 15.9. The summed E-state index contributed by atoms with van der Waals surface area (Å²) in [4.78, 5) is 4.85. The number of piperazine rings is 1. The highest BCUT2D eigenvalue weighted by atomic mass is 35.5. The molecule has 5 heteroatoms. The van der Waals surface area contributed by atoms with Crippen LogP contribution >= 0.6 is 11.6 Å². The monoisotopic (exact) mass is 428 g/mol. The van der Waals surface area contributed by atoms with Crippen LogP contribution in [-0.4, -0.2) is 30.6 Å². The van der Waals surface area contributed by atoms with Crippen molar-refractivity contribution in [2.75, 3.05) is 24.5 Å². The molecule has 0 saturated carbocycles. The lowest BCUT2D eigenvalue weighted by Gasteiger charge is -2.41.